The lowest BCUT2D eigenvalue weighted by atomic mass is 10.1. The third kappa shape index (κ3) is 3.92. The van der Waals surface area contributed by atoms with Crippen LogP contribution in [-0.4, -0.2) is 35.8 Å². The Bertz CT molecular complexity index is 569. The van der Waals surface area contributed by atoms with Crippen molar-refractivity contribution >= 4 is 45.6 Å². The average molecular weight is 314 g/mol. The van der Waals surface area contributed by atoms with Crippen LogP contribution in [0.2, 0.25) is 5.02 Å². The van der Waals surface area contributed by atoms with Gasteiger partial charge in [-0.3, -0.25) is 4.79 Å². The van der Waals surface area contributed by atoms with Crippen LogP contribution in [0, 0.1) is 0 Å². The Balaban J connectivity index is 1.94. The summed E-state index contributed by atoms with van der Waals surface area (Å²) in [5.41, 5.74) is 0.661. The molecular formula is C12H12ClN3OS2. The summed E-state index contributed by atoms with van der Waals surface area (Å²) in [5, 5.41) is 9.52. The molecule has 1 aromatic heterocycles. The smallest absolute Gasteiger partial charge is 0.208 e. The van der Waals surface area contributed by atoms with E-state index >= 15 is 0 Å². The van der Waals surface area contributed by atoms with Crippen molar-refractivity contribution in [2.45, 2.75) is 4.34 Å². The number of hydrogen-bond acceptors (Lipinski definition) is 6. The molecule has 0 atom stereocenters. The van der Waals surface area contributed by atoms with Gasteiger partial charge >= 0.3 is 0 Å². The van der Waals surface area contributed by atoms with Gasteiger partial charge in [0, 0.05) is 24.7 Å². The van der Waals surface area contributed by atoms with Crippen molar-refractivity contribution in [1.82, 2.24) is 10.2 Å². The first kappa shape index (κ1) is 14.3. The quantitative estimate of drug-likeness (QED) is 0.626. The molecule has 0 saturated carbocycles. The fourth-order valence-electron chi connectivity index (χ4n) is 1.29. The summed E-state index contributed by atoms with van der Waals surface area (Å²) in [7, 11) is 3.82. The van der Waals surface area contributed by atoms with Gasteiger partial charge in [-0.05, 0) is 24.3 Å². The molecule has 0 spiro atoms. The Labute approximate surface area is 124 Å². The maximum absolute atomic E-state index is 12.0. The van der Waals surface area contributed by atoms with E-state index in [0.29, 0.717) is 16.3 Å². The fourth-order valence-corrected chi connectivity index (χ4v) is 3.07. The van der Waals surface area contributed by atoms with Gasteiger partial charge in [-0.1, -0.05) is 34.7 Å². The molecule has 0 saturated heterocycles. The first-order valence-electron chi connectivity index (χ1n) is 5.48. The highest BCUT2D eigenvalue weighted by atomic mass is 35.5. The van der Waals surface area contributed by atoms with Crippen LogP contribution in [0.5, 0.6) is 0 Å². The summed E-state index contributed by atoms with van der Waals surface area (Å²) >= 11 is 8.66. The van der Waals surface area contributed by atoms with E-state index in [-0.39, 0.29) is 5.78 Å². The zero-order chi connectivity index (χ0) is 13.8. The molecule has 0 aliphatic carbocycles. The number of rotatable bonds is 5. The van der Waals surface area contributed by atoms with Gasteiger partial charge in [0.2, 0.25) is 5.13 Å². The molecule has 0 N–H and O–H groups in total. The molecule has 0 unspecified atom stereocenters. The van der Waals surface area contributed by atoms with Gasteiger partial charge in [-0.15, -0.1) is 10.2 Å². The second-order valence-electron chi connectivity index (χ2n) is 3.96. The van der Waals surface area contributed by atoms with Crippen LogP contribution >= 0.6 is 34.7 Å². The van der Waals surface area contributed by atoms with Gasteiger partial charge in [-0.2, -0.15) is 0 Å². The summed E-state index contributed by atoms with van der Waals surface area (Å²) in [6, 6.07) is 6.90. The van der Waals surface area contributed by atoms with Crippen molar-refractivity contribution in [3.05, 3.63) is 34.9 Å². The van der Waals surface area contributed by atoms with E-state index in [1.54, 1.807) is 24.3 Å². The van der Waals surface area contributed by atoms with Crippen LogP contribution in [-0.2, 0) is 0 Å². The van der Waals surface area contributed by atoms with Crippen LogP contribution in [0.4, 0.5) is 5.13 Å². The maximum atomic E-state index is 12.0. The lowest BCUT2D eigenvalue weighted by molar-refractivity contribution is 0.102. The van der Waals surface area contributed by atoms with Crippen LogP contribution in [0.25, 0.3) is 0 Å². The third-order valence-corrected chi connectivity index (χ3v) is 4.75. The molecule has 0 radical (unpaired) electrons. The first-order valence-corrected chi connectivity index (χ1v) is 7.66. The summed E-state index contributed by atoms with van der Waals surface area (Å²) in [5.74, 6) is 0.409. The van der Waals surface area contributed by atoms with E-state index in [1.165, 1.54) is 23.1 Å². The van der Waals surface area contributed by atoms with E-state index in [0.717, 1.165) is 9.47 Å². The number of carbonyl (C=O) groups excluding carboxylic acids is 1. The third-order valence-electron chi connectivity index (χ3n) is 2.27. The fraction of sp³-hybridized carbons (Fsp3) is 0.250. The zero-order valence-corrected chi connectivity index (χ0v) is 12.8. The van der Waals surface area contributed by atoms with Crippen molar-refractivity contribution in [2.75, 3.05) is 24.7 Å². The summed E-state index contributed by atoms with van der Waals surface area (Å²) in [4.78, 5) is 13.8. The highest BCUT2D eigenvalue weighted by molar-refractivity contribution is 8.01. The minimum atomic E-state index is 0.0586. The Hall–Kier alpha value is -1.11. The topological polar surface area (TPSA) is 46.1 Å². The molecule has 0 fully saturated rings. The standard InChI is InChI=1S/C12H12ClN3OS2/c1-16(2)11-14-15-12(19-11)18-7-10(17)8-3-5-9(13)6-4-8/h3-6H,7H2,1-2H3. The highest BCUT2D eigenvalue weighted by Gasteiger charge is 2.10. The molecule has 0 bridgehead atoms. The number of Topliss-reactive ketones (excluding diaryl/α,β-unsaturated/α-hetero) is 1. The number of anilines is 1. The monoisotopic (exact) mass is 313 g/mol. The second kappa shape index (κ2) is 6.36. The van der Waals surface area contributed by atoms with Crippen molar-refractivity contribution in [3.63, 3.8) is 0 Å². The lowest BCUT2D eigenvalue weighted by Crippen LogP contribution is -2.07. The van der Waals surface area contributed by atoms with Crippen LogP contribution < -0.4 is 4.90 Å². The van der Waals surface area contributed by atoms with Crippen molar-refractivity contribution in [2.24, 2.45) is 0 Å². The molecule has 4 nitrogen and oxygen atoms in total. The molecule has 2 rings (SSSR count). The highest BCUT2D eigenvalue weighted by Crippen LogP contribution is 2.27. The summed E-state index contributed by atoms with van der Waals surface area (Å²) in [6.07, 6.45) is 0. The molecule has 2 aromatic rings. The average Bonchev–Trinajstić information content (AvgIpc) is 2.86. The number of ketones is 1. The van der Waals surface area contributed by atoms with Crippen molar-refractivity contribution < 1.29 is 4.79 Å². The number of aromatic nitrogens is 2. The van der Waals surface area contributed by atoms with E-state index < -0.39 is 0 Å². The van der Waals surface area contributed by atoms with Crippen LogP contribution in [0.15, 0.2) is 28.6 Å². The molecule has 0 aliphatic rings. The predicted molar refractivity (Wildman–Crippen MR) is 80.7 cm³/mol. The maximum Gasteiger partial charge on any atom is 0.208 e. The second-order valence-corrected chi connectivity index (χ2v) is 6.58. The van der Waals surface area contributed by atoms with Crippen molar-refractivity contribution in [3.8, 4) is 0 Å². The molecule has 0 amide bonds. The van der Waals surface area contributed by atoms with Gasteiger partial charge in [0.05, 0.1) is 5.75 Å². The predicted octanol–water partition coefficient (Wildman–Crippen LogP) is 3.23. The molecule has 1 heterocycles. The Kier molecular flexibility index (Phi) is 4.79. The van der Waals surface area contributed by atoms with Gasteiger partial charge in [-0.25, -0.2) is 0 Å². The normalized spacial score (nSPS) is 10.5. The molecule has 100 valence electrons. The van der Waals surface area contributed by atoms with E-state index in [9.17, 15) is 4.79 Å². The number of hydrogen-bond donors (Lipinski definition) is 0. The minimum Gasteiger partial charge on any atom is -0.353 e. The minimum absolute atomic E-state index is 0.0586. The van der Waals surface area contributed by atoms with Crippen molar-refractivity contribution in [1.29, 1.82) is 0 Å². The number of thioether (sulfide) groups is 1. The lowest BCUT2D eigenvalue weighted by Gasteiger charge is -2.03. The summed E-state index contributed by atoms with van der Waals surface area (Å²) in [6.45, 7) is 0. The van der Waals surface area contributed by atoms with Gasteiger partial charge < -0.3 is 4.90 Å². The van der Waals surface area contributed by atoms with Gasteiger partial charge in [0.15, 0.2) is 10.1 Å². The first-order chi connectivity index (χ1) is 9.06. The van der Waals surface area contributed by atoms with Crippen LogP contribution in [0.1, 0.15) is 10.4 Å². The molecule has 0 aliphatic heterocycles. The number of nitrogens with zero attached hydrogens (tertiary/aromatic N) is 3. The van der Waals surface area contributed by atoms with Gasteiger partial charge in [0.25, 0.3) is 0 Å². The number of halogens is 1. The Morgan fingerprint density at radius 2 is 2.00 bits per heavy atom. The van der Waals surface area contributed by atoms with E-state index in [1.807, 2.05) is 19.0 Å². The zero-order valence-electron chi connectivity index (χ0n) is 10.5. The van der Waals surface area contributed by atoms with Gasteiger partial charge in [0.1, 0.15) is 0 Å². The van der Waals surface area contributed by atoms with E-state index in [4.69, 9.17) is 11.6 Å². The number of benzene rings is 1. The van der Waals surface area contributed by atoms with E-state index in [2.05, 4.69) is 10.2 Å². The molecular weight excluding hydrogens is 302 g/mol. The molecule has 1 aromatic carbocycles. The Morgan fingerprint density at radius 1 is 1.32 bits per heavy atom. The summed E-state index contributed by atoms with van der Waals surface area (Å²) < 4.78 is 0.797. The molecule has 7 heteroatoms. The molecule has 19 heavy (non-hydrogen) atoms. The van der Waals surface area contributed by atoms with Crippen LogP contribution in [0.3, 0.4) is 0 Å². The Morgan fingerprint density at radius 3 is 2.58 bits per heavy atom. The number of carbonyl (C=O) groups is 1. The largest absolute Gasteiger partial charge is 0.353 e. The SMILES string of the molecule is CN(C)c1nnc(SCC(=O)c2ccc(Cl)cc2)s1.